The van der Waals surface area contributed by atoms with Crippen LogP contribution in [-0.4, -0.2) is 41.8 Å². The number of hydrogen-bond acceptors (Lipinski definition) is 3. The third-order valence-electron chi connectivity index (χ3n) is 4.60. The van der Waals surface area contributed by atoms with E-state index in [1.807, 2.05) is 12.1 Å². The molecule has 3 saturated heterocycles. The van der Waals surface area contributed by atoms with Crippen molar-refractivity contribution in [2.75, 3.05) is 25.0 Å². The fourth-order valence-electron chi connectivity index (χ4n) is 3.29. The summed E-state index contributed by atoms with van der Waals surface area (Å²) in [6.07, 6.45) is 3.09. The molecule has 21 heavy (non-hydrogen) atoms. The van der Waals surface area contributed by atoms with Crippen molar-refractivity contribution in [1.29, 1.82) is 0 Å². The lowest BCUT2D eigenvalue weighted by Gasteiger charge is -2.46. The van der Waals surface area contributed by atoms with Gasteiger partial charge in [-0.2, -0.15) is 0 Å². The molecule has 3 aliphatic rings. The van der Waals surface area contributed by atoms with Crippen LogP contribution in [0.2, 0.25) is 0 Å². The third-order valence-corrected chi connectivity index (χ3v) is 4.60. The van der Waals surface area contributed by atoms with E-state index in [1.54, 1.807) is 0 Å². The lowest BCUT2D eigenvalue weighted by atomic mass is 9.81. The number of fused-ring (bicyclic) bond motifs is 3. The topological polar surface area (TPSA) is 35.5 Å². The first-order valence-electron chi connectivity index (χ1n) is 8.05. The molecule has 3 heterocycles. The highest BCUT2D eigenvalue weighted by Gasteiger charge is 2.40. The van der Waals surface area contributed by atoms with Crippen molar-refractivity contribution < 1.29 is 5.11 Å². The lowest BCUT2D eigenvalue weighted by molar-refractivity contribution is -0.0500. The molecule has 2 atom stereocenters. The summed E-state index contributed by atoms with van der Waals surface area (Å²) in [6, 6.07) is 8.27. The van der Waals surface area contributed by atoms with Crippen molar-refractivity contribution in [3.8, 4) is 11.8 Å². The largest absolute Gasteiger partial charge is 0.390 e. The minimum atomic E-state index is -0.273. The van der Waals surface area contributed by atoms with Crippen LogP contribution in [0.1, 0.15) is 31.7 Å². The Balaban J connectivity index is 1.66. The Hall–Kier alpha value is -1.50. The van der Waals surface area contributed by atoms with Crippen LogP contribution in [0.3, 0.4) is 0 Å². The fourth-order valence-corrected chi connectivity index (χ4v) is 3.29. The highest BCUT2D eigenvalue weighted by Crippen LogP contribution is 2.31. The SMILES string of the molecule is CCCNc1ccc(C#CC2C(O)C3CCN2CC3)cc1. The van der Waals surface area contributed by atoms with Crippen LogP contribution in [0.5, 0.6) is 0 Å². The predicted octanol–water partition coefficient (Wildman–Crippen LogP) is 2.32. The van der Waals surface area contributed by atoms with E-state index in [0.717, 1.165) is 50.1 Å². The van der Waals surface area contributed by atoms with Gasteiger partial charge in [-0.25, -0.2) is 0 Å². The molecule has 3 aliphatic heterocycles. The summed E-state index contributed by atoms with van der Waals surface area (Å²) in [6.45, 7) is 5.32. The maximum Gasteiger partial charge on any atom is 0.0983 e. The quantitative estimate of drug-likeness (QED) is 0.836. The summed E-state index contributed by atoms with van der Waals surface area (Å²) in [5, 5.41) is 13.7. The van der Waals surface area contributed by atoms with Crippen LogP contribution in [0, 0.1) is 17.8 Å². The summed E-state index contributed by atoms with van der Waals surface area (Å²) >= 11 is 0. The Labute approximate surface area is 127 Å². The smallest absolute Gasteiger partial charge is 0.0983 e. The van der Waals surface area contributed by atoms with E-state index in [0.29, 0.717) is 5.92 Å². The highest BCUT2D eigenvalue weighted by molar-refractivity contribution is 5.48. The van der Waals surface area contributed by atoms with Crippen molar-refractivity contribution in [3.63, 3.8) is 0 Å². The van der Waals surface area contributed by atoms with Crippen LogP contribution in [0.15, 0.2) is 24.3 Å². The predicted molar refractivity (Wildman–Crippen MR) is 86.2 cm³/mol. The summed E-state index contributed by atoms with van der Waals surface area (Å²) in [4.78, 5) is 2.33. The maximum atomic E-state index is 10.3. The molecule has 3 fully saturated rings. The molecule has 3 heteroatoms. The Morgan fingerprint density at radius 1 is 1.24 bits per heavy atom. The second kappa shape index (κ2) is 6.51. The van der Waals surface area contributed by atoms with Gasteiger partial charge in [-0.05, 0) is 62.5 Å². The first-order chi connectivity index (χ1) is 10.3. The van der Waals surface area contributed by atoms with Crippen LogP contribution >= 0.6 is 0 Å². The van der Waals surface area contributed by atoms with E-state index < -0.39 is 0 Å². The van der Waals surface area contributed by atoms with Gasteiger partial charge < -0.3 is 10.4 Å². The van der Waals surface area contributed by atoms with E-state index in [4.69, 9.17) is 0 Å². The molecule has 0 saturated carbocycles. The van der Waals surface area contributed by atoms with Crippen molar-refractivity contribution in [2.45, 2.75) is 38.3 Å². The zero-order valence-electron chi connectivity index (χ0n) is 12.7. The molecule has 2 N–H and O–H groups in total. The number of aliphatic hydroxyl groups excluding tert-OH is 1. The second-order valence-corrected chi connectivity index (χ2v) is 6.08. The number of nitrogens with one attached hydrogen (secondary N) is 1. The minimum absolute atomic E-state index is 0.0235. The molecule has 2 unspecified atom stereocenters. The van der Waals surface area contributed by atoms with E-state index in [2.05, 4.69) is 41.1 Å². The molecule has 0 aromatic heterocycles. The standard InChI is InChI=1S/C18H24N2O/c1-2-11-19-16-6-3-14(4-7-16)5-8-17-18(21)15-9-12-20(17)13-10-15/h3-4,6-7,15,17-19,21H,2,9-13H2,1H3. The van der Waals surface area contributed by atoms with Crippen molar-refractivity contribution in [3.05, 3.63) is 29.8 Å². The number of aliphatic hydroxyl groups is 1. The van der Waals surface area contributed by atoms with E-state index >= 15 is 0 Å². The average molecular weight is 284 g/mol. The lowest BCUT2D eigenvalue weighted by Crippen LogP contribution is -2.57. The Morgan fingerprint density at radius 2 is 1.95 bits per heavy atom. The van der Waals surface area contributed by atoms with Gasteiger partial charge in [0.2, 0.25) is 0 Å². The van der Waals surface area contributed by atoms with Crippen LogP contribution in [0.4, 0.5) is 5.69 Å². The van der Waals surface area contributed by atoms with Crippen molar-refractivity contribution >= 4 is 5.69 Å². The van der Waals surface area contributed by atoms with Crippen molar-refractivity contribution in [1.82, 2.24) is 4.90 Å². The number of benzene rings is 1. The Kier molecular flexibility index (Phi) is 4.48. The van der Waals surface area contributed by atoms with Gasteiger partial charge in [0.05, 0.1) is 12.1 Å². The van der Waals surface area contributed by atoms with Crippen LogP contribution < -0.4 is 5.32 Å². The van der Waals surface area contributed by atoms with Gasteiger partial charge in [0.25, 0.3) is 0 Å². The molecule has 0 aliphatic carbocycles. The third kappa shape index (κ3) is 3.23. The molecule has 1 aromatic rings. The number of nitrogens with zero attached hydrogens (tertiary/aromatic N) is 1. The molecule has 0 spiro atoms. The molecule has 3 nitrogen and oxygen atoms in total. The number of hydrogen-bond donors (Lipinski definition) is 2. The molecular formula is C18H24N2O. The van der Waals surface area contributed by atoms with Gasteiger partial charge in [0.15, 0.2) is 0 Å². The van der Waals surface area contributed by atoms with Gasteiger partial charge in [-0.1, -0.05) is 18.8 Å². The van der Waals surface area contributed by atoms with E-state index in [9.17, 15) is 5.11 Å². The van der Waals surface area contributed by atoms with Crippen molar-refractivity contribution in [2.24, 2.45) is 5.92 Å². The number of piperidine rings is 3. The summed E-state index contributed by atoms with van der Waals surface area (Å²) in [5.74, 6) is 6.97. The first-order valence-corrected chi connectivity index (χ1v) is 8.05. The molecule has 112 valence electrons. The highest BCUT2D eigenvalue weighted by atomic mass is 16.3. The Morgan fingerprint density at radius 3 is 2.57 bits per heavy atom. The average Bonchev–Trinajstić information content (AvgIpc) is 2.54. The van der Waals surface area contributed by atoms with E-state index in [-0.39, 0.29) is 12.1 Å². The molecular weight excluding hydrogens is 260 g/mol. The molecule has 2 bridgehead atoms. The zero-order chi connectivity index (χ0) is 14.7. The van der Waals surface area contributed by atoms with Gasteiger partial charge in [-0.3, -0.25) is 4.90 Å². The minimum Gasteiger partial charge on any atom is -0.390 e. The van der Waals surface area contributed by atoms with Crippen LogP contribution in [-0.2, 0) is 0 Å². The van der Waals surface area contributed by atoms with Gasteiger partial charge >= 0.3 is 0 Å². The zero-order valence-corrected chi connectivity index (χ0v) is 12.7. The maximum absolute atomic E-state index is 10.3. The molecule has 1 aromatic carbocycles. The summed E-state index contributed by atoms with van der Waals surface area (Å²) in [5.41, 5.74) is 2.16. The van der Waals surface area contributed by atoms with E-state index in [1.165, 1.54) is 0 Å². The van der Waals surface area contributed by atoms with Crippen LogP contribution in [0.25, 0.3) is 0 Å². The van der Waals surface area contributed by atoms with Gasteiger partial charge in [0.1, 0.15) is 0 Å². The normalized spacial score (nSPS) is 30.6. The number of anilines is 1. The summed E-state index contributed by atoms with van der Waals surface area (Å²) < 4.78 is 0. The Bertz CT molecular complexity index is 518. The second-order valence-electron chi connectivity index (χ2n) is 6.08. The first kappa shape index (κ1) is 14.4. The summed E-state index contributed by atoms with van der Waals surface area (Å²) in [7, 11) is 0. The number of rotatable bonds is 3. The fraction of sp³-hybridized carbons (Fsp3) is 0.556. The molecule has 0 amide bonds. The van der Waals surface area contributed by atoms with Gasteiger partial charge in [0, 0.05) is 17.8 Å². The van der Waals surface area contributed by atoms with Gasteiger partial charge in [-0.15, -0.1) is 0 Å². The monoisotopic (exact) mass is 284 g/mol. The molecule has 4 rings (SSSR count). The molecule has 0 radical (unpaired) electrons.